The molecule has 0 aromatic rings. The molecule has 0 saturated heterocycles. The summed E-state index contributed by atoms with van der Waals surface area (Å²) in [7, 11) is -1.60. The van der Waals surface area contributed by atoms with E-state index in [4.69, 9.17) is 46.0 Å². The molecular formula is C4H18N4O13S. The van der Waals surface area contributed by atoms with Crippen molar-refractivity contribution in [1.29, 1.82) is 0 Å². The van der Waals surface area contributed by atoms with E-state index in [2.05, 4.69) is 14.1 Å². The van der Waals surface area contributed by atoms with Crippen LogP contribution in [0.4, 0.5) is 0 Å². The van der Waals surface area contributed by atoms with Gasteiger partial charge in [0, 0.05) is 0 Å². The number of nitrogens with zero attached hydrogens (tertiary/aromatic N) is 2. The van der Waals surface area contributed by atoms with Crippen LogP contribution >= 0.6 is 0 Å². The van der Waals surface area contributed by atoms with E-state index in [0.29, 0.717) is 0 Å². The van der Waals surface area contributed by atoms with E-state index in [9.17, 15) is 8.42 Å². The highest BCUT2D eigenvalue weighted by Crippen LogP contribution is 1.85. The average molecular weight is 362 g/mol. The fraction of sp³-hybridized carbons (Fsp3) is 1.00. The predicted molar refractivity (Wildman–Crippen MR) is 64.0 cm³/mol. The van der Waals surface area contributed by atoms with Gasteiger partial charge in [-0.15, -0.1) is 20.2 Å². The van der Waals surface area contributed by atoms with E-state index < -0.39 is 33.1 Å². The zero-order chi connectivity index (χ0) is 18.3. The number of aliphatic hydroxyl groups is 3. The Morgan fingerprint density at radius 3 is 1.18 bits per heavy atom. The minimum absolute atomic E-state index is 0. The molecule has 0 aromatic carbocycles. The van der Waals surface area contributed by atoms with Gasteiger partial charge >= 0.3 is 10.4 Å². The molecule has 0 amide bonds. The molecule has 18 heteroatoms. The summed E-state index contributed by atoms with van der Waals surface area (Å²) in [6, 6.07) is 0. The summed E-state index contributed by atoms with van der Waals surface area (Å²) in [5, 5.41) is 50.7. The monoisotopic (exact) mass is 362 g/mol. The van der Waals surface area contributed by atoms with Crippen molar-refractivity contribution in [3.8, 4) is 0 Å². The lowest BCUT2D eigenvalue weighted by Crippen LogP contribution is -2.36. The maximum atomic E-state index is 9.92. The Morgan fingerprint density at radius 2 is 1.18 bits per heavy atom. The van der Waals surface area contributed by atoms with Crippen molar-refractivity contribution >= 4 is 10.4 Å². The lowest BCUT2D eigenvalue weighted by molar-refractivity contribution is -0.742. The summed E-state index contributed by atoms with van der Waals surface area (Å²) >= 11 is 0. The van der Waals surface area contributed by atoms with Crippen molar-refractivity contribution in [3.63, 3.8) is 0 Å². The first-order valence-electron chi connectivity index (χ1n) is 4.05. The van der Waals surface area contributed by atoms with Crippen LogP contribution in [0.15, 0.2) is 0 Å². The van der Waals surface area contributed by atoms with E-state index >= 15 is 0 Å². The summed E-state index contributed by atoms with van der Waals surface area (Å²) in [6.07, 6.45) is 0. The van der Waals surface area contributed by atoms with Crippen LogP contribution in [-0.2, 0) is 18.8 Å². The molecular weight excluding hydrogens is 344 g/mol. The van der Waals surface area contributed by atoms with Crippen LogP contribution in [0.2, 0.25) is 0 Å². The first-order chi connectivity index (χ1) is 9.15. The van der Waals surface area contributed by atoms with Gasteiger partial charge in [0.15, 0.2) is 0 Å². The molecule has 17 nitrogen and oxygen atoms in total. The molecule has 0 rings (SSSR count). The van der Waals surface area contributed by atoms with Gasteiger partial charge in [-0.1, -0.05) is 0 Å². The van der Waals surface area contributed by atoms with Crippen LogP contribution in [0.25, 0.3) is 0 Å². The number of rotatable bonds is 3. The van der Waals surface area contributed by atoms with Crippen molar-refractivity contribution < 1.29 is 52.7 Å². The molecule has 0 bridgehead atoms. The minimum atomic E-state index is -3.66. The third kappa shape index (κ3) is 105. The van der Waals surface area contributed by atoms with E-state index in [1.54, 1.807) is 0 Å². The smallest absolute Gasteiger partial charge is 0.344 e. The second-order valence-corrected chi connectivity index (χ2v) is 3.68. The van der Waals surface area contributed by atoms with Crippen molar-refractivity contribution in [2.45, 2.75) is 5.97 Å². The number of nitrogens with two attached hydrogens (primary N) is 1. The molecule has 22 heavy (non-hydrogen) atoms. The van der Waals surface area contributed by atoms with Crippen LogP contribution in [0.5, 0.6) is 0 Å². The number of hydrogen-bond donors (Lipinski definition) is 7. The van der Waals surface area contributed by atoms with Gasteiger partial charge in [-0.2, -0.15) is 8.42 Å². The summed E-state index contributed by atoms with van der Waals surface area (Å²) in [5.74, 6) is -2.68. The molecule has 0 aliphatic rings. The molecule has 0 saturated carbocycles. The highest BCUT2D eigenvalue weighted by atomic mass is 32.3. The van der Waals surface area contributed by atoms with Crippen molar-refractivity contribution in [2.75, 3.05) is 20.8 Å². The van der Waals surface area contributed by atoms with Gasteiger partial charge in [0.05, 0.1) is 20.8 Å². The molecule has 0 unspecified atom stereocenters. The highest BCUT2D eigenvalue weighted by Gasteiger charge is 2.12. The van der Waals surface area contributed by atoms with E-state index in [-0.39, 0.29) is 6.15 Å². The van der Waals surface area contributed by atoms with Crippen LogP contribution in [-0.4, -0.2) is 71.1 Å². The lowest BCUT2D eigenvalue weighted by atomic mass is 10.6. The molecule has 0 fully saturated rings. The molecule has 0 aliphatic heterocycles. The second-order valence-electron chi connectivity index (χ2n) is 2.20. The fourth-order valence-corrected chi connectivity index (χ4v) is 0.204. The summed E-state index contributed by atoms with van der Waals surface area (Å²) in [5.41, 5.74) is 4.56. The van der Waals surface area contributed by atoms with Crippen LogP contribution in [0.3, 0.4) is 0 Å². The van der Waals surface area contributed by atoms with Gasteiger partial charge in [0.2, 0.25) is 0 Å². The summed E-state index contributed by atoms with van der Waals surface area (Å²) in [4.78, 5) is 16.7. The topological polar surface area (TPSA) is 301 Å². The molecule has 0 radical (unpaired) electrons. The Balaban J connectivity index is -0.0000000593. The quantitative estimate of drug-likeness (QED) is 0.146. The van der Waals surface area contributed by atoms with Crippen LogP contribution in [0, 0.1) is 20.2 Å². The first kappa shape index (κ1) is 32.1. The fourth-order valence-electron chi connectivity index (χ4n) is 0.0680. The van der Waals surface area contributed by atoms with E-state index in [1.165, 1.54) is 0 Å². The largest absolute Gasteiger partial charge is 0.399 e. The first-order valence-corrected chi connectivity index (χ1v) is 5.38. The van der Waals surface area contributed by atoms with Gasteiger partial charge in [0.25, 0.3) is 16.1 Å². The Labute approximate surface area is 123 Å². The molecule has 138 valence electrons. The maximum Gasteiger partial charge on any atom is 0.399 e. The van der Waals surface area contributed by atoms with Gasteiger partial charge in [0.1, 0.15) is 0 Å². The molecule has 0 aliphatic carbocycles. The zero-order valence-electron chi connectivity index (χ0n) is 11.3. The summed E-state index contributed by atoms with van der Waals surface area (Å²) < 4.78 is 27.5. The number of hydrogen-bond acceptors (Lipinski definition) is 13. The molecule has 10 N–H and O–H groups in total. The Bertz CT molecular complexity index is 333. The molecule has 0 spiro atoms. The van der Waals surface area contributed by atoms with Crippen molar-refractivity contribution in [3.05, 3.63) is 20.2 Å². The Hall–Kier alpha value is -1.93. The van der Waals surface area contributed by atoms with Gasteiger partial charge in [-0.25, -0.2) is 0 Å². The van der Waals surface area contributed by atoms with Crippen LogP contribution in [0.1, 0.15) is 0 Å². The molecule has 0 heterocycles. The van der Waals surface area contributed by atoms with Gasteiger partial charge in [-0.3, -0.25) is 8.37 Å². The van der Waals surface area contributed by atoms with E-state index in [0.717, 1.165) is 14.2 Å². The normalized spacial score (nSPS) is 9.18. The average Bonchev–Trinajstić information content (AvgIpc) is 2.27. The maximum absolute atomic E-state index is 9.92. The lowest BCUT2D eigenvalue weighted by Gasteiger charge is -2.07. The molecule has 0 atom stereocenters. The second kappa shape index (κ2) is 17.1. The van der Waals surface area contributed by atoms with Crippen molar-refractivity contribution in [1.82, 2.24) is 6.15 Å². The van der Waals surface area contributed by atoms with Gasteiger partial charge < -0.3 is 37.6 Å². The highest BCUT2D eigenvalue weighted by molar-refractivity contribution is 7.81. The minimum Gasteiger partial charge on any atom is -0.344 e. The SMILES string of the molecule is COS(=O)(=O)OC.N.NCC(O)(O)O.O=[N+]([O-])O.O=[N+]([O-])O. The molecule has 0 aromatic heterocycles. The third-order valence-electron chi connectivity index (χ3n) is 0.682. The Kier molecular flexibility index (Phi) is 25.0. The summed E-state index contributed by atoms with van der Waals surface area (Å²) in [6.45, 7) is -0.562. The van der Waals surface area contributed by atoms with Crippen LogP contribution < -0.4 is 11.9 Å². The zero-order valence-corrected chi connectivity index (χ0v) is 12.1. The Morgan fingerprint density at radius 1 is 1.05 bits per heavy atom. The van der Waals surface area contributed by atoms with Crippen molar-refractivity contribution in [2.24, 2.45) is 5.73 Å². The standard InChI is InChI=1S/C2H7NO3.C2H6O4S.2HNO3.H3N/c3-1-2(4,5)6;1-5-7(3,4)6-2;2*2-1(3)4;/h4-6H,1,3H2;1-2H3;2*(H,2,3,4);1H3. The third-order valence-corrected chi connectivity index (χ3v) is 1.50. The van der Waals surface area contributed by atoms with Gasteiger partial charge in [-0.05, 0) is 0 Å². The predicted octanol–water partition coefficient (Wildman–Crippen LogP) is -3.43. The van der Waals surface area contributed by atoms with E-state index in [1.807, 2.05) is 0 Å².